The molecule has 114 valence electrons. The van der Waals surface area contributed by atoms with Gasteiger partial charge in [-0.2, -0.15) is 5.10 Å². The number of nitrogens with zero attached hydrogens (tertiary/aromatic N) is 3. The van der Waals surface area contributed by atoms with Crippen LogP contribution < -0.4 is 5.32 Å². The number of likely N-dealkylation sites (N-methyl/N-ethyl adjacent to an activating group) is 1. The Morgan fingerprint density at radius 2 is 2.19 bits per heavy atom. The first kappa shape index (κ1) is 15.9. The lowest BCUT2D eigenvalue weighted by Crippen LogP contribution is -2.24. The molecule has 2 rings (SSSR count). The molecule has 0 aliphatic rings. The lowest BCUT2D eigenvalue weighted by atomic mass is 10.0. The van der Waals surface area contributed by atoms with Gasteiger partial charge in [0.05, 0.1) is 5.02 Å². The topological polar surface area (TPSA) is 42.7 Å². The van der Waals surface area contributed by atoms with Gasteiger partial charge in [-0.05, 0) is 30.7 Å². The van der Waals surface area contributed by atoms with Crippen LogP contribution in [0, 0.1) is 5.82 Å². The molecule has 1 unspecified atom stereocenters. The Morgan fingerprint density at radius 3 is 2.86 bits per heavy atom. The lowest BCUT2D eigenvalue weighted by molar-refractivity contribution is 0.496. The van der Waals surface area contributed by atoms with E-state index in [0.29, 0.717) is 6.42 Å². The van der Waals surface area contributed by atoms with Gasteiger partial charge < -0.3 is 5.32 Å². The second-order valence-corrected chi connectivity index (χ2v) is 5.29. The summed E-state index contributed by atoms with van der Waals surface area (Å²) in [6.07, 6.45) is 3.23. The first-order chi connectivity index (χ1) is 10.2. The van der Waals surface area contributed by atoms with Crippen LogP contribution in [0.4, 0.5) is 4.39 Å². The summed E-state index contributed by atoms with van der Waals surface area (Å²) in [6, 6.07) is 4.91. The Bertz CT molecular complexity index is 585. The maximum absolute atomic E-state index is 13.7. The molecule has 0 saturated carbocycles. The number of aromatic nitrogens is 3. The van der Waals surface area contributed by atoms with Gasteiger partial charge >= 0.3 is 0 Å². The van der Waals surface area contributed by atoms with E-state index in [9.17, 15) is 4.39 Å². The molecule has 0 aliphatic heterocycles. The average molecular weight is 311 g/mol. The molecular weight excluding hydrogens is 291 g/mol. The smallest absolute Gasteiger partial charge is 0.142 e. The number of nitrogens with one attached hydrogen (secondary N) is 1. The number of benzene rings is 1. The molecule has 1 heterocycles. The van der Waals surface area contributed by atoms with Crippen LogP contribution in [-0.4, -0.2) is 21.3 Å². The number of aryl methyl sites for hydroxylation is 1. The third-order valence-electron chi connectivity index (χ3n) is 3.31. The molecule has 0 radical (unpaired) electrons. The van der Waals surface area contributed by atoms with E-state index in [1.54, 1.807) is 12.4 Å². The highest BCUT2D eigenvalue weighted by atomic mass is 35.5. The minimum absolute atomic E-state index is 0.0124. The Morgan fingerprint density at radius 1 is 1.38 bits per heavy atom. The lowest BCUT2D eigenvalue weighted by Gasteiger charge is -2.18. The summed E-state index contributed by atoms with van der Waals surface area (Å²) in [4.78, 5) is 4.31. The fraction of sp³-hybridized carbons (Fsp3) is 0.467. The van der Waals surface area contributed by atoms with Crippen LogP contribution >= 0.6 is 11.6 Å². The van der Waals surface area contributed by atoms with Crippen LogP contribution in [0.25, 0.3) is 0 Å². The van der Waals surface area contributed by atoms with Crippen molar-refractivity contribution in [1.29, 1.82) is 0 Å². The van der Waals surface area contributed by atoms with Crippen LogP contribution in [0.2, 0.25) is 5.02 Å². The second kappa shape index (κ2) is 7.52. The van der Waals surface area contributed by atoms with Crippen LogP contribution in [0.15, 0.2) is 24.5 Å². The first-order valence-corrected chi connectivity index (χ1v) is 7.58. The number of halogens is 2. The molecule has 0 amide bonds. The largest absolute Gasteiger partial charge is 0.310 e. The molecule has 0 saturated heterocycles. The molecule has 1 aromatic heterocycles. The van der Waals surface area contributed by atoms with E-state index in [-0.39, 0.29) is 11.1 Å². The van der Waals surface area contributed by atoms with Gasteiger partial charge in [-0.1, -0.05) is 31.5 Å². The zero-order valence-corrected chi connectivity index (χ0v) is 13.1. The van der Waals surface area contributed by atoms with Gasteiger partial charge in [-0.15, -0.1) is 0 Å². The summed E-state index contributed by atoms with van der Waals surface area (Å²) in [6.45, 7) is 5.75. The van der Waals surface area contributed by atoms with Gasteiger partial charge in [0.15, 0.2) is 0 Å². The maximum Gasteiger partial charge on any atom is 0.142 e. The minimum Gasteiger partial charge on any atom is -0.310 e. The molecule has 1 atom stereocenters. The molecule has 6 heteroatoms. The highest BCUT2D eigenvalue weighted by molar-refractivity contribution is 6.30. The van der Waals surface area contributed by atoms with Crippen molar-refractivity contribution in [2.45, 2.75) is 39.3 Å². The van der Waals surface area contributed by atoms with Crippen LogP contribution in [0.1, 0.15) is 37.7 Å². The van der Waals surface area contributed by atoms with E-state index in [4.69, 9.17) is 11.6 Å². The normalized spacial score (nSPS) is 12.6. The SMILES string of the molecule is CCCn1ncnc1CC(NCC)c1ccc(Cl)c(F)c1. The summed E-state index contributed by atoms with van der Waals surface area (Å²) in [7, 11) is 0. The van der Waals surface area contributed by atoms with E-state index >= 15 is 0 Å². The van der Waals surface area contributed by atoms with Gasteiger partial charge in [0.25, 0.3) is 0 Å². The van der Waals surface area contributed by atoms with Crippen molar-refractivity contribution in [3.63, 3.8) is 0 Å². The number of hydrogen-bond acceptors (Lipinski definition) is 3. The summed E-state index contributed by atoms with van der Waals surface area (Å²) in [5.74, 6) is 0.505. The number of hydrogen-bond donors (Lipinski definition) is 1. The molecule has 4 nitrogen and oxygen atoms in total. The van der Waals surface area contributed by atoms with Crippen molar-refractivity contribution in [1.82, 2.24) is 20.1 Å². The van der Waals surface area contributed by atoms with Crippen molar-refractivity contribution >= 4 is 11.6 Å². The molecule has 0 fully saturated rings. The average Bonchev–Trinajstić information content (AvgIpc) is 2.89. The van der Waals surface area contributed by atoms with Crippen molar-refractivity contribution in [3.8, 4) is 0 Å². The molecule has 2 aromatic rings. The molecular formula is C15H20ClFN4. The molecule has 0 spiro atoms. The minimum atomic E-state index is -0.396. The van der Waals surface area contributed by atoms with Crippen molar-refractivity contribution < 1.29 is 4.39 Å². The van der Waals surface area contributed by atoms with Gasteiger partial charge in [-0.25, -0.2) is 9.37 Å². The van der Waals surface area contributed by atoms with Crippen molar-refractivity contribution in [2.75, 3.05) is 6.54 Å². The van der Waals surface area contributed by atoms with Gasteiger partial charge in [0, 0.05) is 19.0 Å². The van der Waals surface area contributed by atoms with E-state index < -0.39 is 5.82 Å². The summed E-state index contributed by atoms with van der Waals surface area (Å²) in [5.41, 5.74) is 0.866. The molecule has 21 heavy (non-hydrogen) atoms. The third-order valence-corrected chi connectivity index (χ3v) is 3.62. The Labute approximate surface area is 129 Å². The van der Waals surface area contributed by atoms with Crippen molar-refractivity contribution in [2.24, 2.45) is 0 Å². The van der Waals surface area contributed by atoms with Gasteiger partial charge in [-0.3, -0.25) is 4.68 Å². The fourth-order valence-electron chi connectivity index (χ4n) is 2.31. The zero-order chi connectivity index (χ0) is 15.2. The first-order valence-electron chi connectivity index (χ1n) is 7.20. The third kappa shape index (κ3) is 4.02. The quantitative estimate of drug-likeness (QED) is 0.852. The fourth-order valence-corrected chi connectivity index (χ4v) is 2.43. The highest BCUT2D eigenvalue weighted by Gasteiger charge is 2.16. The van der Waals surface area contributed by atoms with E-state index in [1.165, 1.54) is 6.07 Å². The Kier molecular flexibility index (Phi) is 5.70. The highest BCUT2D eigenvalue weighted by Crippen LogP contribution is 2.22. The van der Waals surface area contributed by atoms with E-state index in [2.05, 4.69) is 22.3 Å². The monoisotopic (exact) mass is 310 g/mol. The molecule has 1 aromatic carbocycles. The molecule has 0 aliphatic carbocycles. The Hall–Kier alpha value is -1.46. The molecule has 0 bridgehead atoms. The van der Waals surface area contributed by atoms with Gasteiger partial charge in [0.1, 0.15) is 18.0 Å². The van der Waals surface area contributed by atoms with E-state index in [0.717, 1.165) is 30.9 Å². The second-order valence-electron chi connectivity index (χ2n) is 4.89. The van der Waals surface area contributed by atoms with Gasteiger partial charge in [0.2, 0.25) is 0 Å². The number of rotatable bonds is 7. The molecule has 1 N–H and O–H groups in total. The summed E-state index contributed by atoms with van der Waals surface area (Å²) in [5, 5.41) is 7.73. The predicted octanol–water partition coefficient (Wildman–Crippen LogP) is 3.37. The maximum atomic E-state index is 13.7. The van der Waals surface area contributed by atoms with Crippen molar-refractivity contribution in [3.05, 3.63) is 46.8 Å². The van der Waals surface area contributed by atoms with Crippen LogP contribution in [0.5, 0.6) is 0 Å². The van der Waals surface area contributed by atoms with Crippen LogP contribution in [0.3, 0.4) is 0 Å². The summed E-state index contributed by atoms with van der Waals surface area (Å²) < 4.78 is 15.6. The van der Waals surface area contributed by atoms with E-state index in [1.807, 2.05) is 17.7 Å². The van der Waals surface area contributed by atoms with Crippen LogP contribution in [-0.2, 0) is 13.0 Å². The Balaban J connectivity index is 2.22. The predicted molar refractivity (Wildman–Crippen MR) is 81.8 cm³/mol. The standard InChI is InChI=1S/C15H20ClFN4/c1-3-7-21-15(19-10-20-21)9-14(18-4-2)11-5-6-12(16)13(17)8-11/h5-6,8,10,14,18H,3-4,7,9H2,1-2H3. The summed E-state index contributed by atoms with van der Waals surface area (Å²) >= 11 is 5.75. The zero-order valence-electron chi connectivity index (χ0n) is 12.3.